The molecule has 29 heavy (non-hydrogen) atoms. The summed E-state index contributed by atoms with van der Waals surface area (Å²) in [4.78, 5) is 26.9. The summed E-state index contributed by atoms with van der Waals surface area (Å²) in [5.41, 5.74) is 1.26. The lowest BCUT2D eigenvalue weighted by molar-refractivity contribution is 0.0687. The van der Waals surface area contributed by atoms with Gasteiger partial charge in [0.15, 0.2) is 0 Å². The number of ether oxygens (including phenoxy) is 2. The minimum absolute atomic E-state index is 0.101. The summed E-state index contributed by atoms with van der Waals surface area (Å²) in [6.07, 6.45) is 2.82. The van der Waals surface area contributed by atoms with Crippen molar-refractivity contribution in [1.82, 2.24) is 10.2 Å². The van der Waals surface area contributed by atoms with Gasteiger partial charge in [0.05, 0.1) is 14.2 Å². The third-order valence-corrected chi connectivity index (χ3v) is 5.37. The molecule has 0 saturated carbocycles. The maximum Gasteiger partial charge on any atom is 0.253 e. The van der Waals surface area contributed by atoms with Gasteiger partial charge in [-0.2, -0.15) is 0 Å². The van der Waals surface area contributed by atoms with Crippen molar-refractivity contribution < 1.29 is 19.1 Å². The number of hydrogen-bond acceptors (Lipinski definition) is 4. The molecule has 0 radical (unpaired) electrons. The molecule has 0 unspecified atom stereocenters. The summed E-state index contributed by atoms with van der Waals surface area (Å²) < 4.78 is 10.4. The van der Waals surface area contributed by atoms with Crippen LogP contribution in [-0.2, 0) is 0 Å². The van der Waals surface area contributed by atoms with E-state index in [1.807, 2.05) is 35.2 Å². The average molecular weight is 396 g/mol. The van der Waals surface area contributed by atoms with Gasteiger partial charge in [0.25, 0.3) is 11.8 Å². The van der Waals surface area contributed by atoms with Crippen molar-refractivity contribution in [1.29, 1.82) is 0 Å². The van der Waals surface area contributed by atoms with Gasteiger partial charge in [-0.15, -0.1) is 0 Å². The predicted molar refractivity (Wildman–Crippen MR) is 112 cm³/mol. The van der Waals surface area contributed by atoms with E-state index < -0.39 is 0 Å². The van der Waals surface area contributed by atoms with Gasteiger partial charge >= 0.3 is 0 Å². The fraction of sp³-hybridized carbons (Fsp3) is 0.391. The third kappa shape index (κ3) is 5.50. The van der Waals surface area contributed by atoms with Crippen molar-refractivity contribution in [2.24, 2.45) is 5.92 Å². The van der Waals surface area contributed by atoms with Crippen molar-refractivity contribution in [2.45, 2.75) is 19.3 Å². The van der Waals surface area contributed by atoms with Crippen molar-refractivity contribution in [3.8, 4) is 11.5 Å². The molecule has 1 saturated heterocycles. The van der Waals surface area contributed by atoms with Crippen LogP contribution in [0.4, 0.5) is 0 Å². The Morgan fingerprint density at radius 2 is 1.59 bits per heavy atom. The number of rotatable bonds is 7. The second kappa shape index (κ2) is 9.96. The van der Waals surface area contributed by atoms with Crippen LogP contribution in [0.3, 0.4) is 0 Å². The van der Waals surface area contributed by atoms with E-state index >= 15 is 0 Å². The molecule has 6 heteroatoms. The first-order chi connectivity index (χ1) is 14.1. The van der Waals surface area contributed by atoms with E-state index in [2.05, 4.69) is 5.32 Å². The van der Waals surface area contributed by atoms with Gasteiger partial charge in [-0.25, -0.2) is 0 Å². The number of likely N-dealkylation sites (tertiary alicyclic amines) is 1. The van der Waals surface area contributed by atoms with E-state index in [1.165, 1.54) is 0 Å². The highest BCUT2D eigenvalue weighted by atomic mass is 16.5. The molecule has 2 amide bonds. The van der Waals surface area contributed by atoms with Crippen LogP contribution in [0.1, 0.15) is 40.0 Å². The van der Waals surface area contributed by atoms with Crippen LogP contribution >= 0.6 is 0 Å². The van der Waals surface area contributed by atoms with Gasteiger partial charge in [0.1, 0.15) is 11.5 Å². The highest BCUT2D eigenvalue weighted by Gasteiger charge is 2.23. The van der Waals surface area contributed by atoms with E-state index in [4.69, 9.17) is 9.47 Å². The van der Waals surface area contributed by atoms with Gasteiger partial charge in [0, 0.05) is 36.8 Å². The molecule has 0 atom stereocenters. The first-order valence-corrected chi connectivity index (χ1v) is 9.96. The third-order valence-electron chi connectivity index (χ3n) is 5.37. The number of amides is 2. The molecule has 0 spiro atoms. The summed E-state index contributed by atoms with van der Waals surface area (Å²) in [5, 5.41) is 2.98. The Balaban J connectivity index is 1.44. The highest BCUT2D eigenvalue weighted by Crippen LogP contribution is 2.23. The van der Waals surface area contributed by atoms with Gasteiger partial charge in [-0.1, -0.05) is 18.2 Å². The number of benzene rings is 2. The molecule has 0 aliphatic carbocycles. The molecule has 2 aromatic rings. The quantitative estimate of drug-likeness (QED) is 0.779. The second-order valence-corrected chi connectivity index (χ2v) is 7.25. The summed E-state index contributed by atoms with van der Waals surface area (Å²) in [5.74, 6) is 1.65. The Labute approximate surface area is 171 Å². The summed E-state index contributed by atoms with van der Waals surface area (Å²) in [6, 6.07) is 14.5. The topological polar surface area (TPSA) is 67.9 Å². The van der Waals surface area contributed by atoms with Crippen LogP contribution in [0.25, 0.3) is 0 Å². The molecule has 1 fully saturated rings. The van der Waals surface area contributed by atoms with Gasteiger partial charge in [-0.3, -0.25) is 9.59 Å². The molecule has 154 valence electrons. The number of carbonyl (C=O) groups excluding carboxylic acids is 2. The van der Waals surface area contributed by atoms with E-state index in [-0.39, 0.29) is 11.8 Å². The van der Waals surface area contributed by atoms with Gasteiger partial charge in [-0.05, 0) is 49.4 Å². The van der Waals surface area contributed by atoms with E-state index in [1.54, 1.807) is 32.4 Å². The average Bonchev–Trinajstić information content (AvgIpc) is 2.79. The molecular weight excluding hydrogens is 368 g/mol. The monoisotopic (exact) mass is 396 g/mol. The van der Waals surface area contributed by atoms with Crippen LogP contribution in [0.5, 0.6) is 11.5 Å². The standard InChI is InChI=1S/C23H28N2O4/c1-28-20-14-19(15-21(16-20)29-2)22(26)24-11-8-17-9-12-25(13-10-17)23(27)18-6-4-3-5-7-18/h3-7,14-17H,8-13H2,1-2H3,(H,24,26). The molecule has 2 aromatic carbocycles. The Hall–Kier alpha value is -3.02. The lowest BCUT2D eigenvalue weighted by Gasteiger charge is -2.32. The number of piperidine rings is 1. The molecule has 3 rings (SSSR count). The van der Waals surface area contributed by atoms with Crippen LogP contribution in [0, 0.1) is 5.92 Å². The molecule has 0 aromatic heterocycles. The minimum Gasteiger partial charge on any atom is -0.497 e. The van der Waals surface area contributed by atoms with Gasteiger partial charge in [0.2, 0.25) is 0 Å². The minimum atomic E-state index is -0.140. The molecule has 6 nitrogen and oxygen atoms in total. The molecular formula is C23H28N2O4. The van der Waals surface area contributed by atoms with Crippen LogP contribution in [0.2, 0.25) is 0 Å². The summed E-state index contributed by atoms with van der Waals surface area (Å²) in [7, 11) is 3.12. The van der Waals surface area contributed by atoms with Crippen LogP contribution in [-0.4, -0.2) is 50.6 Å². The summed E-state index contributed by atoms with van der Waals surface area (Å²) in [6.45, 7) is 2.13. The van der Waals surface area contributed by atoms with Crippen LogP contribution in [0.15, 0.2) is 48.5 Å². The van der Waals surface area contributed by atoms with Crippen molar-refractivity contribution in [3.63, 3.8) is 0 Å². The number of methoxy groups -OCH3 is 2. The number of nitrogens with one attached hydrogen (secondary N) is 1. The number of hydrogen-bond donors (Lipinski definition) is 1. The molecule has 1 aliphatic rings. The fourth-order valence-electron chi connectivity index (χ4n) is 3.62. The first-order valence-electron chi connectivity index (χ1n) is 9.96. The Morgan fingerprint density at radius 3 is 2.17 bits per heavy atom. The molecule has 1 N–H and O–H groups in total. The Morgan fingerprint density at radius 1 is 0.966 bits per heavy atom. The van der Waals surface area contributed by atoms with Gasteiger partial charge < -0.3 is 19.7 Å². The number of carbonyl (C=O) groups is 2. The van der Waals surface area contributed by atoms with E-state index in [9.17, 15) is 9.59 Å². The maximum atomic E-state index is 12.5. The zero-order chi connectivity index (χ0) is 20.6. The molecule has 0 bridgehead atoms. The smallest absolute Gasteiger partial charge is 0.253 e. The zero-order valence-electron chi connectivity index (χ0n) is 17.0. The lowest BCUT2D eigenvalue weighted by atomic mass is 9.93. The SMILES string of the molecule is COc1cc(OC)cc(C(=O)NCCC2CCN(C(=O)c3ccccc3)CC2)c1. The second-order valence-electron chi connectivity index (χ2n) is 7.25. The Bertz CT molecular complexity index is 808. The Kier molecular flexibility index (Phi) is 7.11. The normalized spacial score (nSPS) is 14.3. The fourth-order valence-corrected chi connectivity index (χ4v) is 3.62. The summed E-state index contributed by atoms with van der Waals surface area (Å²) >= 11 is 0. The van der Waals surface area contributed by atoms with Crippen molar-refractivity contribution in [3.05, 3.63) is 59.7 Å². The number of nitrogens with zero attached hydrogens (tertiary/aromatic N) is 1. The van der Waals surface area contributed by atoms with Crippen molar-refractivity contribution in [2.75, 3.05) is 33.9 Å². The predicted octanol–water partition coefficient (Wildman–Crippen LogP) is 3.38. The zero-order valence-corrected chi connectivity index (χ0v) is 17.0. The van der Waals surface area contributed by atoms with Crippen molar-refractivity contribution >= 4 is 11.8 Å². The molecule has 1 aliphatic heterocycles. The lowest BCUT2D eigenvalue weighted by Crippen LogP contribution is -2.39. The highest BCUT2D eigenvalue weighted by molar-refractivity contribution is 5.95. The van der Waals surface area contributed by atoms with E-state index in [0.717, 1.165) is 37.9 Å². The largest absolute Gasteiger partial charge is 0.497 e. The molecule has 1 heterocycles. The first kappa shape index (κ1) is 20.7. The maximum absolute atomic E-state index is 12.5. The van der Waals surface area contributed by atoms with E-state index in [0.29, 0.717) is 29.5 Å². The van der Waals surface area contributed by atoms with Crippen LogP contribution < -0.4 is 14.8 Å².